The zero-order valence-electron chi connectivity index (χ0n) is 14.6. The lowest BCUT2D eigenvalue weighted by molar-refractivity contribution is -0.385. The fraction of sp³-hybridized carbons (Fsp3) is 0.562. The van der Waals surface area contributed by atoms with E-state index in [4.69, 9.17) is 0 Å². The number of amides is 1. The van der Waals surface area contributed by atoms with Crippen molar-refractivity contribution in [3.8, 4) is 0 Å². The first-order valence-corrected chi connectivity index (χ1v) is 9.98. The highest BCUT2D eigenvalue weighted by Gasteiger charge is 2.34. The Hall–Kier alpha value is -2.04. The molecule has 0 saturated carbocycles. The second-order valence-corrected chi connectivity index (χ2v) is 8.61. The third-order valence-electron chi connectivity index (χ3n) is 4.87. The van der Waals surface area contributed by atoms with Crippen LogP contribution in [0.3, 0.4) is 0 Å². The molecule has 0 aromatic heterocycles. The molecule has 10 heteroatoms. The lowest BCUT2D eigenvalue weighted by Gasteiger charge is -2.21. The fourth-order valence-corrected chi connectivity index (χ4v) is 4.70. The average molecular weight is 382 g/mol. The topological polar surface area (TPSA) is 104 Å². The zero-order valence-corrected chi connectivity index (χ0v) is 15.4. The van der Waals surface area contributed by atoms with Crippen LogP contribution in [0.2, 0.25) is 0 Å². The van der Waals surface area contributed by atoms with E-state index in [-0.39, 0.29) is 29.7 Å². The van der Waals surface area contributed by atoms with Gasteiger partial charge in [-0.2, -0.15) is 4.31 Å². The summed E-state index contributed by atoms with van der Waals surface area (Å²) in [6.07, 6.45) is 2.17. The van der Waals surface area contributed by atoms with Crippen molar-refractivity contribution in [3.05, 3.63) is 33.9 Å². The molecule has 26 heavy (non-hydrogen) atoms. The first-order chi connectivity index (χ1) is 12.3. The standard InChI is InChI=1S/C16H22N4O5S/c1-13-4-5-14(10-15(13)20(22)23)26(24,25)19-9-8-18(12-19)16(21)11-17-6-2-3-7-17/h4-5,10H,2-3,6-9,11-12H2,1H3. The van der Waals surface area contributed by atoms with Crippen molar-refractivity contribution in [2.24, 2.45) is 0 Å². The molecule has 0 N–H and O–H groups in total. The molecule has 2 aliphatic heterocycles. The maximum absolute atomic E-state index is 12.8. The van der Waals surface area contributed by atoms with Crippen molar-refractivity contribution >= 4 is 21.6 Å². The van der Waals surface area contributed by atoms with E-state index in [0.29, 0.717) is 18.7 Å². The average Bonchev–Trinajstić information content (AvgIpc) is 3.26. The van der Waals surface area contributed by atoms with Crippen molar-refractivity contribution < 1.29 is 18.1 Å². The minimum Gasteiger partial charge on any atom is -0.326 e. The van der Waals surface area contributed by atoms with Crippen molar-refractivity contribution in [1.29, 1.82) is 0 Å². The van der Waals surface area contributed by atoms with Crippen LogP contribution in [0, 0.1) is 17.0 Å². The molecule has 0 aliphatic carbocycles. The highest BCUT2D eigenvalue weighted by molar-refractivity contribution is 7.89. The van der Waals surface area contributed by atoms with Crippen LogP contribution in [-0.4, -0.2) is 72.7 Å². The number of aryl methyl sites for hydroxylation is 1. The van der Waals surface area contributed by atoms with Crippen LogP contribution in [0.15, 0.2) is 23.1 Å². The highest BCUT2D eigenvalue weighted by atomic mass is 32.2. The number of sulfonamides is 1. The molecule has 0 unspecified atom stereocenters. The number of likely N-dealkylation sites (tertiary alicyclic amines) is 1. The normalized spacial score (nSPS) is 19.2. The van der Waals surface area contributed by atoms with Crippen molar-refractivity contribution in [3.63, 3.8) is 0 Å². The van der Waals surface area contributed by atoms with Gasteiger partial charge in [0.15, 0.2) is 0 Å². The molecule has 9 nitrogen and oxygen atoms in total. The van der Waals surface area contributed by atoms with Gasteiger partial charge in [-0.15, -0.1) is 0 Å². The van der Waals surface area contributed by atoms with Gasteiger partial charge in [-0.3, -0.25) is 19.8 Å². The Balaban J connectivity index is 1.72. The SMILES string of the molecule is Cc1ccc(S(=O)(=O)N2CCN(C(=O)CN3CCCC3)C2)cc1[N+](=O)[O-]. The van der Waals surface area contributed by atoms with E-state index in [9.17, 15) is 23.3 Å². The maximum Gasteiger partial charge on any atom is 0.273 e. The van der Waals surface area contributed by atoms with Crippen LogP contribution in [0.4, 0.5) is 5.69 Å². The van der Waals surface area contributed by atoms with E-state index in [1.54, 1.807) is 6.92 Å². The van der Waals surface area contributed by atoms with Gasteiger partial charge in [-0.25, -0.2) is 8.42 Å². The molecule has 1 amide bonds. The molecule has 1 aromatic rings. The Morgan fingerprint density at radius 1 is 1.19 bits per heavy atom. The van der Waals surface area contributed by atoms with Gasteiger partial charge in [-0.1, -0.05) is 6.07 Å². The molecule has 2 fully saturated rings. The molecule has 1 aromatic carbocycles. The molecule has 142 valence electrons. The Labute approximate surface area is 152 Å². The summed E-state index contributed by atoms with van der Waals surface area (Å²) in [5.74, 6) is -0.0838. The van der Waals surface area contributed by atoms with Gasteiger partial charge in [0.2, 0.25) is 15.9 Å². The summed E-state index contributed by atoms with van der Waals surface area (Å²) in [7, 11) is -3.88. The van der Waals surface area contributed by atoms with Crippen LogP contribution in [0.5, 0.6) is 0 Å². The van der Waals surface area contributed by atoms with Crippen LogP contribution in [0.1, 0.15) is 18.4 Å². The molecule has 2 heterocycles. The van der Waals surface area contributed by atoms with Crippen LogP contribution >= 0.6 is 0 Å². The number of hydrogen-bond donors (Lipinski definition) is 0. The second kappa shape index (κ2) is 7.29. The summed E-state index contributed by atoms with van der Waals surface area (Å²) < 4.78 is 26.8. The summed E-state index contributed by atoms with van der Waals surface area (Å²) in [6, 6.07) is 3.88. The van der Waals surface area contributed by atoms with Gasteiger partial charge in [-0.05, 0) is 38.9 Å². The summed E-state index contributed by atoms with van der Waals surface area (Å²) >= 11 is 0. The summed E-state index contributed by atoms with van der Waals surface area (Å²) in [6.45, 7) is 4.17. The molecule has 0 bridgehead atoms. The van der Waals surface area contributed by atoms with E-state index in [1.807, 2.05) is 0 Å². The third kappa shape index (κ3) is 3.71. The molecule has 0 radical (unpaired) electrons. The second-order valence-electron chi connectivity index (χ2n) is 6.67. The Morgan fingerprint density at radius 2 is 1.88 bits per heavy atom. The van der Waals surface area contributed by atoms with Gasteiger partial charge in [0.25, 0.3) is 5.69 Å². The van der Waals surface area contributed by atoms with E-state index in [2.05, 4.69) is 4.90 Å². The summed E-state index contributed by atoms with van der Waals surface area (Å²) in [4.78, 5) is 26.3. The number of carbonyl (C=O) groups is 1. The fourth-order valence-electron chi connectivity index (χ4n) is 3.29. The Morgan fingerprint density at radius 3 is 2.54 bits per heavy atom. The molecule has 0 atom stereocenters. The first kappa shape index (κ1) is 18.7. The summed E-state index contributed by atoms with van der Waals surface area (Å²) in [5, 5.41) is 11.1. The first-order valence-electron chi connectivity index (χ1n) is 8.54. The van der Waals surface area contributed by atoms with Gasteiger partial charge >= 0.3 is 0 Å². The number of nitrogens with zero attached hydrogens (tertiary/aromatic N) is 4. The third-order valence-corrected chi connectivity index (χ3v) is 6.70. The quantitative estimate of drug-likeness (QED) is 0.551. The van der Waals surface area contributed by atoms with Gasteiger partial charge in [0, 0.05) is 24.7 Å². The van der Waals surface area contributed by atoms with Crippen LogP contribution in [-0.2, 0) is 14.8 Å². The minimum absolute atomic E-state index is 0.0172. The van der Waals surface area contributed by atoms with Crippen molar-refractivity contribution in [1.82, 2.24) is 14.1 Å². The number of hydrogen-bond acceptors (Lipinski definition) is 6. The smallest absolute Gasteiger partial charge is 0.273 e. The Kier molecular flexibility index (Phi) is 5.26. The molecule has 2 saturated heterocycles. The number of rotatable bonds is 5. The van der Waals surface area contributed by atoms with Gasteiger partial charge in [0.1, 0.15) is 0 Å². The highest BCUT2D eigenvalue weighted by Crippen LogP contribution is 2.26. The molecule has 0 spiro atoms. The molecular weight excluding hydrogens is 360 g/mol. The van der Waals surface area contributed by atoms with Crippen LogP contribution in [0.25, 0.3) is 0 Å². The lowest BCUT2D eigenvalue weighted by atomic mass is 10.2. The van der Waals surface area contributed by atoms with Gasteiger partial charge < -0.3 is 4.90 Å². The predicted molar refractivity (Wildman–Crippen MR) is 94.0 cm³/mol. The Bertz CT molecular complexity index is 820. The van der Waals surface area contributed by atoms with Crippen molar-refractivity contribution in [2.45, 2.75) is 24.7 Å². The largest absolute Gasteiger partial charge is 0.326 e. The molecule has 3 rings (SSSR count). The minimum atomic E-state index is -3.88. The van der Waals surface area contributed by atoms with E-state index >= 15 is 0 Å². The number of nitro groups is 1. The van der Waals surface area contributed by atoms with E-state index in [1.165, 1.54) is 21.3 Å². The number of carbonyl (C=O) groups excluding carboxylic acids is 1. The van der Waals surface area contributed by atoms with Crippen molar-refractivity contribution in [2.75, 3.05) is 39.4 Å². The van der Waals surface area contributed by atoms with E-state index in [0.717, 1.165) is 32.0 Å². The number of benzene rings is 1. The monoisotopic (exact) mass is 382 g/mol. The van der Waals surface area contributed by atoms with E-state index < -0.39 is 14.9 Å². The molecule has 2 aliphatic rings. The lowest BCUT2D eigenvalue weighted by Crippen LogP contribution is -2.39. The van der Waals surface area contributed by atoms with Crippen LogP contribution < -0.4 is 0 Å². The zero-order chi connectivity index (χ0) is 18.9. The number of nitro benzene ring substituents is 1. The molecular formula is C16H22N4O5S. The van der Waals surface area contributed by atoms with Gasteiger partial charge in [0.05, 0.1) is 23.0 Å². The maximum atomic E-state index is 12.8. The predicted octanol–water partition coefficient (Wildman–Crippen LogP) is 0.789. The summed E-state index contributed by atoms with van der Waals surface area (Å²) in [5.41, 5.74) is 0.171.